The normalized spacial score (nSPS) is 11.1. The molecule has 0 bridgehead atoms. The first-order valence-corrected chi connectivity index (χ1v) is 8.61. The van der Waals surface area contributed by atoms with Gasteiger partial charge in [-0.05, 0) is 50.6 Å². The summed E-state index contributed by atoms with van der Waals surface area (Å²) in [5.74, 6) is 0.267. The maximum Gasteiger partial charge on any atom is 0.278 e. The summed E-state index contributed by atoms with van der Waals surface area (Å²) < 4.78 is 5.45. The average Bonchev–Trinajstić information content (AvgIpc) is 3.16. The Morgan fingerprint density at radius 2 is 1.85 bits per heavy atom. The summed E-state index contributed by atoms with van der Waals surface area (Å²) in [5, 5.41) is 11.6. The second kappa shape index (κ2) is 6.35. The summed E-state index contributed by atoms with van der Waals surface area (Å²) in [6.45, 7) is 7.58. The number of benzene rings is 2. The van der Waals surface area contributed by atoms with Gasteiger partial charge in [0, 0.05) is 12.6 Å². The Balaban J connectivity index is 1.62. The molecule has 1 amide bonds. The van der Waals surface area contributed by atoms with Gasteiger partial charge in [0.05, 0.1) is 11.4 Å². The minimum atomic E-state index is -0.317. The van der Waals surface area contributed by atoms with E-state index in [0.29, 0.717) is 28.4 Å². The fourth-order valence-corrected chi connectivity index (χ4v) is 3.04. The fourth-order valence-electron chi connectivity index (χ4n) is 3.04. The van der Waals surface area contributed by atoms with Crippen LogP contribution >= 0.6 is 0 Å². The number of aromatic nitrogens is 4. The molecular formula is C20H19N5O2. The van der Waals surface area contributed by atoms with E-state index in [1.165, 1.54) is 4.80 Å². The van der Waals surface area contributed by atoms with Crippen LogP contribution in [0.4, 0.5) is 5.69 Å². The van der Waals surface area contributed by atoms with E-state index in [1.807, 2.05) is 26.0 Å². The molecule has 0 fully saturated rings. The van der Waals surface area contributed by atoms with Gasteiger partial charge >= 0.3 is 0 Å². The molecule has 7 nitrogen and oxygen atoms in total. The third kappa shape index (κ3) is 3.19. The highest BCUT2D eigenvalue weighted by Crippen LogP contribution is 2.21. The highest BCUT2D eigenvalue weighted by Gasteiger charge is 2.18. The average molecular weight is 361 g/mol. The van der Waals surface area contributed by atoms with Crippen LogP contribution in [0.2, 0.25) is 0 Å². The second-order valence-corrected chi connectivity index (χ2v) is 6.58. The van der Waals surface area contributed by atoms with Gasteiger partial charge in [-0.1, -0.05) is 17.7 Å². The zero-order valence-electron chi connectivity index (χ0n) is 15.6. The summed E-state index contributed by atoms with van der Waals surface area (Å²) >= 11 is 0. The van der Waals surface area contributed by atoms with E-state index >= 15 is 0 Å². The first kappa shape index (κ1) is 17.0. The van der Waals surface area contributed by atoms with Crippen molar-refractivity contribution in [1.82, 2.24) is 20.0 Å². The molecule has 2 heterocycles. The fraction of sp³-hybridized carbons (Fsp3) is 0.200. The van der Waals surface area contributed by atoms with Gasteiger partial charge in [-0.3, -0.25) is 4.79 Å². The number of carbonyl (C=O) groups excluding carboxylic acids is 1. The van der Waals surface area contributed by atoms with Crippen LogP contribution in [-0.2, 0) is 0 Å². The molecule has 0 saturated heterocycles. The first-order chi connectivity index (χ1) is 12.9. The van der Waals surface area contributed by atoms with Crippen molar-refractivity contribution >= 4 is 22.7 Å². The van der Waals surface area contributed by atoms with Crippen LogP contribution < -0.4 is 5.32 Å². The van der Waals surface area contributed by atoms with Crippen LogP contribution in [0.3, 0.4) is 0 Å². The maximum atomic E-state index is 12.7. The number of nitrogens with one attached hydrogen (secondary N) is 1. The van der Waals surface area contributed by atoms with E-state index in [4.69, 9.17) is 4.42 Å². The van der Waals surface area contributed by atoms with Gasteiger partial charge in [0.2, 0.25) is 0 Å². The quantitative estimate of drug-likeness (QED) is 0.598. The van der Waals surface area contributed by atoms with Crippen LogP contribution in [0.5, 0.6) is 0 Å². The van der Waals surface area contributed by atoms with Crippen LogP contribution in [0.15, 0.2) is 40.8 Å². The standard InChI is InChI=1S/C20H19N5O2/c1-11-5-7-17(12(2)9-11)25-23-13(3)19(24-25)20(26)22-15-6-8-18-16(10-15)21-14(4)27-18/h5-10H,1-4H3,(H,22,26). The number of amides is 1. The lowest BCUT2D eigenvalue weighted by Gasteiger charge is -2.05. The van der Waals surface area contributed by atoms with Crippen LogP contribution in [0.1, 0.15) is 33.2 Å². The zero-order chi connectivity index (χ0) is 19.1. The summed E-state index contributed by atoms with van der Waals surface area (Å²) in [6.07, 6.45) is 0. The van der Waals surface area contributed by atoms with Gasteiger partial charge in [-0.15, -0.1) is 5.10 Å². The Morgan fingerprint density at radius 1 is 1.04 bits per heavy atom. The lowest BCUT2D eigenvalue weighted by molar-refractivity contribution is 0.102. The second-order valence-electron chi connectivity index (χ2n) is 6.58. The molecule has 4 rings (SSSR count). The van der Waals surface area contributed by atoms with Crippen molar-refractivity contribution in [3.05, 3.63) is 64.8 Å². The van der Waals surface area contributed by atoms with E-state index in [-0.39, 0.29) is 11.6 Å². The SMILES string of the molecule is Cc1ccc(-n2nc(C)c(C(=O)Nc3ccc4oc(C)nc4c3)n2)c(C)c1. The summed E-state index contributed by atoms with van der Waals surface area (Å²) in [4.78, 5) is 18.5. The van der Waals surface area contributed by atoms with Crippen molar-refractivity contribution in [2.45, 2.75) is 27.7 Å². The zero-order valence-corrected chi connectivity index (χ0v) is 15.6. The Morgan fingerprint density at radius 3 is 2.63 bits per heavy atom. The van der Waals surface area contributed by atoms with Gasteiger partial charge in [-0.25, -0.2) is 4.98 Å². The number of carbonyl (C=O) groups is 1. The smallest absolute Gasteiger partial charge is 0.278 e. The molecule has 0 atom stereocenters. The molecule has 27 heavy (non-hydrogen) atoms. The molecule has 0 aliphatic carbocycles. The summed E-state index contributed by atoms with van der Waals surface area (Å²) in [6, 6.07) is 11.3. The van der Waals surface area contributed by atoms with Gasteiger partial charge in [0.15, 0.2) is 17.2 Å². The minimum Gasteiger partial charge on any atom is -0.441 e. The van der Waals surface area contributed by atoms with Crippen molar-refractivity contribution < 1.29 is 9.21 Å². The van der Waals surface area contributed by atoms with Crippen LogP contribution in [-0.4, -0.2) is 25.9 Å². The number of aryl methyl sites for hydroxylation is 4. The first-order valence-electron chi connectivity index (χ1n) is 8.61. The highest BCUT2D eigenvalue weighted by atomic mass is 16.3. The summed E-state index contributed by atoms with van der Waals surface area (Å²) in [5.41, 5.74) is 5.91. The number of oxazole rings is 1. The predicted octanol–water partition coefficient (Wildman–Crippen LogP) is 3.89. The largest absolute Gasteiger partial charge is 0.441 e. The monoisotopic (exact) mass is 361 g/mol. The Labute approximate surface area is 156 Å². The van der Waals surface area contributed by atoms with Gasteiger partial charge in [0.1, 0.15) is 5.52 Å². The Hall–Kier alpha value is -3.48. The number of rotatable bonds is 3. The molecule has 2 aromatic carbocycles. The van der Waals surface area contributed by atoms with Crippen molar-refractivity contribution in [1.29, 1.82) is 0 Å². The van der Waals surface area contributed by atoms with E-state index < -0.39 is 0 Å². The van der Waals surface area contributed by atoms with Crippen molar-refractivity contribution in [3.63, 3.8) is 0 Å². The molecule has 0 saturated carbocycles. The summed E-state index contributed by atoms with van der Waals surface area (Å²) in [7, 11) is 0. The van der Waals surface area contributed by atoms with Gasteiger partial charge < -0.3 is 9.73 Å². The maximum absolute atomic E-state index is 12.7. The lowest BCUT2D eigenvalue weighted by atomic mass is 10.1. The molecule has 136 valence electrons. The van der Waals surface area contributed by atoms with Crippen LogP contribution in [0, 0.1) is 27.7 Å². The molecule has 0 aliphatic rings. The number of hydrogen-bond donors (Lipinski definition) is 1. The topological polar surface area (TPSA) is 85.8 Å². The van der Waals surface area contributed by atoms with E-state index in [2.05, 4.69) is 26.6 Å². The predicted molar refractivity (Wildman–Crippen MR) is 102 cm³/mol. The van der Waals surface area contributed by atoms with E-state index in [1.54, 1.807) is 32.0 Å². The molecule has 1 N–H and O–H groups in total. The van der Waals surface area contributed by atoms with Gasteiger partial charge in [-0.2, -0.15) is 9.90 Å². The Kier molecular flexibility index (Phi) is 3.99. The number of anilines is 1. The van der Waals surface area contributed by atoms with E-state index in [0.717, 1.165) is 16.8 Å². The third-order valence-corrected chi connectivity index (χ3v) is 4.32. The molecule has 2 aromatic heterocycles. The third-order valence-electron chi connectivity index (χ3n) is 4.32. The van der Waals surface area contributed by atoms with E-state index in [9.17, 15) is 4.79 Å². The molecule has 0 radical (unpaired) electrons. The highest BCUT2D eigenvalue weighted by molar-refractivity contribution is 6.04. The van der Waals surface area contributed by atoms with Crippen molar-refractivity contribution in [2.24, 2.45) is 0 Å². The van der Waals surface area contributed by atoms with Crippen molar-refractivity contribution in [3.8, 4) is 5.69 Å². The molecule has 4 aromatic rings. The van der Waals surface area contributed by atoms with Crippen LogP contribution in [0.25, 0.3) is 16.8 Å². The number of fused-ring (bicyclic) bond motifs is 1. The molecule has 0 spiro atoms. The number of hydrogen-bond acceptors (Lipinski definition) is 5. The molecule has 0 aliphatic heterocycles. The minimum absolute atomic E-state index is 0.284. The lowest BCUT2D eigenvalue weighted by Crippen LogP contribution is -2.14. The Bertz CT molecular complexity index is 1170. The molecule has 7 heteroatoms. The van der Waals surface area contributed by atoms with Crippen molar-refractivity contribution in [2.75, 3.05) is 5.32 Å². The molecule has 0 unspecified atom stereocenters. The van der Waals surface area contributed by atoms with Gasteiger partial charge in [0.25, 0.3) is 5.91 Å². The number of nitrogens with zero attached hydrogens (tertiary/aromatic N) is 4. The molecular weight excluding hydrogens is 342 g/mol.